The van der Waals surface area contributed by atoms with E-state index in [1.165, 1.54) is 19.3 Å². The lowest BCUT2D eigenvalue weighted by Gasteiger charge is -2.28. The van der Waals surface area contributed by atoms with Gasteiger partial charge in [-0.05, 0) is 26.2 Å². The van der Waals surface area contributed by atoms with Crippen LogP contribution in [0.15, 0.2) is 0 Å². The zero-order valence-corrected chi connectivity index (χ0v) is 9.68. The Balaban J connectivity index is 2.32. The van der Waals surface area contributed by atoms with Gasteiger partial charge in [0.2, 0.25) is 0 Å². The number of rotatable bonds is 4. The molecule has 2 nitrogen and oxygen atoms in total. The third-order valence-corrected chi connectivity index (χ3v) is 3.32. The summed E-state index contributed by atoms with van der Waals surface area (Å²) < 4.78 is 0. The molecule has 0 radical (unpaired) electrons. The lowest BCUT2D eigenvalue weighted by molar-refractivity contribution is -0.123. The molecule has 0 aliphatic carbocycles. The zero-order chi connectivity index (χ0) is 10.6. The standard InChI is InChI=1S/C12H23NO/c1-4-9(2)12(14)8-11-7-5-6-10(3)13-11/h9-11,13H,4-8H2,1-3H3. The molecule has 0 amide bonds. The van der Waals surface area contributed by atoms with Crippen molar-refractivity contribution in [2.75, 3.05) is 0 Å². The van der Waals surface area contributed by atoms with Crippen LogP contribution in [0.25, 0.3) is 0 Å². The molecule has 1 saturated heterocycles. The summed E-state index contributed by atoms with van der Waals surface area (Å²) in [5, 5.41) is 3.51. The second-order valence-electron chi connectivity index (χ2n) is 4.68. The van der Waals surface area contributed by atoms with Gasteiger partial charge in [0.1, 0.15) is 5.78 Å². The molecular formula is C12H23NO. The Labute approximate surface area is 87.5 Å². The van der Waals surface area contributed by atoms with Crippen molar-refractivity contribution in [2.24, 2.45) is 5.92 Å². The summed E-state index contributed by atoms with van der Waals surface area (Å²) in [6.07, 6.45) is 5.41. The maximum atomic E-state index is 11.7. The van der Waals surface area contributed by atoms with Crippen molar-refractivity contribution in [1.82, 2.24) is 5.32 Å². The minimum Gasteiger partial charge on any atom is -0.311 e. The molecule has 1 fully saturated rings. The number of nitrogens with one attached hydrogen (secondary N) is 1. The summed E-state index contributed by atoms with van der Waals surface area (Å²) in [4.78, 5) is 11.7. The van der Waals surface area contributed by atoms with Crippen LogP contribution in [0.1, 0.15) is 52.9 Å². The molecule has 14 heavy (non-hydrogen) atoms. The lowest BCUT2D eigenvalue weighted by Crippen LogP contribution is -2.42. The topological polar surface area (TPSA) is 29.1 Å². The molecule has 1 rings (SSSR count). The van der Waals surface area contributed by atoms with Crippen LogP contribution < -0.4 is 5.32 Å². The predicted octanol–water partition coefficient (Wildman–Crippen LogP) is 2.52. The largest absolute Gasteiger partial charge is 0.311 e. The van der Waals surface area contributed by atoms with E-state index >= 15 is 0 Å². The van der Waals surface area contributed by atoms with E-state index in [2.05, 4.69) is 19.2 Å². The van der Waals surface area contributed by atoms with Gasteiger partial charge in [-0.15, -0.1) is 0 Å². The highest BCUT2D eigenvalue weighted by Gasteiger charge is 2.21. The van der Waals surface area contributed by atoms with E-state index in [1.807, 2.05) is 6.92 Å². The molecule has 1 aliphatic heterocycles. The smallest absolute Gasteiger partial charge is 0.137 e. The van der Waals surface area contributed by atoms with Gasteiger partial charge < -0.3 is 5.32 Å². The second-order valence-corrected chi connectivity index (χ2v) is 4.68. The second kappa shape index (κ2) is 5.50. The van der Waals surface area contributed by atoms with E-state index in [0.717, 1.165) is 12.8 Å². The number of piperidine rings is 1. The van der Waals surface area contributed by atoms with Gasteiger partial charge >= 0.3 is 0 Å². The SMILES string of the molecule is CCC(C)C(=O)CC1CCCC(C)N1. The summed E-state index contributed by atoms with van der Waals surface area (Å²) in [7, 11) is 0. The van der Waals surface area contributed by atoms with Gasteiger partial charge in [-0.3, -0.25) is 4.79 Å². The number of carbonyl (C=O) groups excluding carboxylic acids is 1. The first-order valence-corrected chi connectivity index (χ1v) is 5.92. The van der Waals surface area contributed by atoms with Gasteiger partial charge in [0.05, 0.1) is 0 Å². The Morgan fingerprint density at radius 3 is 2.79 bits per heavy atom. The molecule has 0 bridgehead atoms. The molecule has 82 valence electrons. The van der Waals surface area contributed by atoms with E-state index in [0.29, 0.717) is 17.9 Å². The Bertz CT molecular complexity index is 191. The normalized spacial score (nSPS) is 29.9. The number of carbonyl (C=O) groups is 1. The van der Waals surface area contributed by atoms with Gasteiger partial charge in [-0.2, -0.15) is 0 Å². The van der Waals surface area contributed by atoms with Crippen LogP contribution in [0, 0.1) is 5.92 Å². The predicted molar refractivity (Wildman–Crippen MR) is 59.3 cm³/mol. The average molecular weight is 197 g/mol. The third kappa shape index (κ3) is 3.41. The van der Waals surface area contributed by atoms with E-state index < -0.39 is 0 Å². The molecule has 0 aromatic carbocycles. The number of Topliss-reactive ketones (excluding diaryl/α,β-unsaturated/α-hetero) is 1. The van der Waals surface area contributed by atoms with Crippen LogP contribution in [-0.4, -0.2) is 17.9 Å². The molecule has 0 aromatic rings. The van der Waals surface area contributed by atoms with Crippen molar-refractivity contribution >= 4 is 5.78 Å². The molecular weight excluding hydrogens is 174 g/mol. The van der Waals surface area contributed by atoms with Crippen molar-refractivity contribution < 1.29 is 4.79 Å². The van der Waals surface area contributed by atoms with Gasteiger partial charge in [-0.1, -0.05) is 20.3 Å². The van der Waals surface area contributed by atoms with Gasteiger partial charge in [-0.25, -0.2) is 0 Å². The monoisotopic (exact) mass is 197 g/mol. The van der Waals surface area contributed by atoms with Crippen molar-refractivity contribution in [3.05, 3.63) is 0 Å². The summed E-state index contributed by atoms with van der Waals surface area (Å²) in [6, 6.07) is 1.04. The first-order chi connectivity index (χ1) is 6.63. The lowest BCUT2D eigenvalue weighted by atomic mass is 9.91. The zero-order valence-electron chi connectivity index (χ0n) is 9.68. The van der Waals surface area contributed by atoms with Crippen molar-refractivity contribution in [3.8, 4) is 0 Å². The number of hydrogen-bond acceptors (Lipinski definition) is 2. The molecule has 2 heteroatoms. The van der Waals surface area contributed by atoms with E-state index in [9.17, 15) is 4.79 Å². The Morgan fingerprint density at radius 1 is 1.50 bits per heavy atom. The Hall–Kier alpha value is -0.370. The van der Waals surface area contributed by atoms with Crippen LogP contribution in [0.2, 0.25) is 0 Å². The summed E-state index contributed by atoms with van der Waals surface area (Å²) >= 11 is 0. The summed E-state index contributed by atoms with van der Waals surface area (Å²) in [6.45, 7) is 6.33. The van der Waals surface area contributed by atoms with Crippen molar-refractivity contribution in [1.29, 1.82) is 0 Å². The van der Waals surface area contributed by atoms with E-state index in [-0.39, 0.29) is 5.92 Å². The van der Waals surface area contributed by atoms with Crippen LogP contribution in [0.5, 0.6) is 0 Å². The van der Waals surface area contributed by atoms with Crippen LogP contribution >= 0.6 is 0 Å². The first kappa shape index (κ1) is 11.7. The summed E-state index contributed by atoms with van der Waals surface area (Å²) in [5.41, 5.74) is 0. The minimum absolute atomic E-state index is 0.244. The molecule has 1 N–H and O–H groups in total. The minimum atomic E-state index is 0.244. The fourth-order valence-corrected chi connectivity index (χ4v) is 2.07. The Morgan fingerprint density at radius 2 is 2.21 bits per heavy atom. The van der Waals surface area contributed by atoms with Crippen LogP contribution in [0.4, 0.5) is 0 Å². The van der Waals surface area contributed by atoms with Crippen LogP contribution in [0.3, 0.4) is 0 Å². The van der Waals surface area contributed by atoms with Crippen molar-refractivity contribution in [3.63, 3.8) is 0 Å². The number of ketones is 1. The van der Waals surface area contributed by atoms with Gasteiger partial charge in [0.15, 0.2) is 0 Å². The Kier molecular flexibility index (Phi) is 4.59. The molecule has 3 atom stereocenters. The molecule has 3 unspecified atom stereocenters. The van der Waals surface area contributed by atoms with Crippen molar-refractivity contribution in [2.45, 2.75) is 65.0 Å². The first-order valence-electron chi connectivity index (χ1n) is 5.92. The average Bonchev–Trinajstić information content (AvgIpc) is 2.16. The van der Waals surface area contributed by atoms with E-state index in [4.69, 9.17) is 0 Å². The maximum absolute atomic E-state index is 11.7. The highest BCUT2D eigenvalue weighted by molar-refractivity contribution is 5.81. The molecule has 0 saturated carbocycles. The molecule has 0 spiro atoms. The highest BCUT2D eigenvalue weighted by Crippen LogP contribution is 2.17. The fraction of sp³-hybridized carbons (Fsp3) is 0.917. The van der Waals surface area contributed by atoms with Gasteiger partial charge in [0.25, 0.3) is 0 Å². The van der Waals surface area contributed by atoms with Crippen LogP contribution in [-0.2, 0) is 4.79 Å². The maximum Gasteiger partial charge on any atom is 0.137 e. The fourth-order valence-electron chi connectivity index (χ4n) is 2.07. The molecule has 0 aromatic heterocycles. The molecule has 1 heterocycles. The third-order valence-electron chi connectivity index (χ3n) is 3.32. The number of hydrogen-bond donors (Lipinski definition) is 1. The van der Waals surface area contributed by atoms with Gasteiger partial charge in [0, 0.05) is 24.4 Å². The highest BCUT2D eigenvalue weighted by atomic mass is 16.1. The molecule has 1 aliphatic rings. The quantitative estimate of drug-likeness (QED) is 0.750. The van der Waals surface area contributed by atoms with E-state index in [1.54, 1.807) is 0 Å². The summed E-state index contributed by atoms with van der Waals surface area (Å²) in [5.74, 6) is 0.674.